The molecule has 0 aromatic carbocycles. The largest absolute Gasteiger partial charge is 0.496 e. The van der Waals surface area contributed by atoms with Gasteiger partial charge in [0.2, 0.25) is 0 Å². The van der Waals surface area contributed by atoms with E-state index >= 15 is 0 Å². The second-order valence-electron chi connectivity index (χ2n) is 0.629. The normalized spacial score (nSPS) is 5.67. The molecule has 0 aliphatic rings. The zero-order chi connectivity index (χ0) is 4.83. The van der Waals surface area contributed by atoms with Crippen LogP contribution in [0.1, 0.15) is 0 Å². The molecule has 0 radical (unpaired) electrons. The monoisotopic (exact) mass is 148 g/mol. The number of hydrogen-bond donors (Lipinski definition) is 0. The summed E-state index contributed by atoms with van der Waals surface area (Å²) in [6.07, 6.45) is 1.45. The molecule has 2 heteroatoms. The second-order valence-corrected chi connectivity index (χ2v) is 1.09. The van der Waals surface area contributed by atoms with Gasteiger partial charge in [0.25, 0.3) is 0 Å². The van der Waals surface area contributed by atoms with Crippen LogP contribution in [0.3, 0.4) is 0 Å². The van der Waals surface area contributed by atoms with E-state index in [2.05, 4.69) is 26.4 Å². The summed E-state index contributed by atoms with van der Waals surface area (Å²) >= 11 is 3.00. The van der Waals surface area contributed by atoms with Crippen molar-refractivity contribution < 1.29 is 4.74 Å². The summed E-state index contributed by atoms with van der Waals surface area (Å²) in [5.74, 6) is 0. The fourth-order valence-electron chi connectivity index (χ4n) is 0.0938. The molecule has 0 heterocycles. The van der Waals surface area contributed by atoms with E-state index in [4.69, 9.17) is 0 Å². The second kappa shape index (κ2) is 4.80. The van der Waals surface area contributed by atoms with Gasteiger partial charge in [-0.3, -0.25) is 0 Å². The van der Waals surface area contributed by atoms with Gasteiger partial charge in [-0.25, -0.2) is 0 Å². The van der Waals surface area contributed by atoms with Gasteiger partial charge in [-0.1, -0.05) is 21.7 Å². The van der Waals surface area contributed by atoms with E-state index in [9.17, 15) is 0 Å². The topological polar surface area (TPSA) is 9.23 Å². The van der Waals surface area contributed by atoms with Gasteiger partial charge in [0.1, 0.15) is 6.26 Å². The Labute approximate surface area is 45.4 Å². The molecule has 0 spiro atoms. The molecular weight excluding hydrogens is 144 g/mol. The number of hydrogen-bond acceptors (Lipinski definition) is 1. The van der Waals surface area contributed by atoms with Gasteiger partial charge in [0.15, 0.2) is 0 Å². The molecule has 0 fully saturated rings. The molecule has 0 bridgehead atoms. The van der Waals surface area contributed by atoms with Gasteiger partial charge < -0.3 is 4.74 Å². The fourth-order valence-corrected chi connectivity index (χ4v) is 0.202. The van der Waals surface area contributed by atoms with Crippen LogP contribution in [-0.2, 0) is 4.74 Å². The summed E-state index contributed by atoms with van der Waals surface area (Å²) in [7, 11) is 1.57. The van der Waals surface area contributed by atoms with Gasteiger partial charge in [-0.05, 0) is 0 Å². The number of rotatable bonds is 1. The van der Waals surface area contributed by atoms with Crippen LogP contribution >= 0.6 is 15.9 Å². The molecule has 0 rings (SSSR count). The fraction of sp³-hybridized carbons (Fsp3) is 0.250. The van der Waals surface area contributed by atoms with Crippen LogP contribution in [-0.4, -0.2) is 7.11 Å². The lowest BCUT2D eigenvalue weighted by Gasteiger charge is -1.73. The Kier molecular flexibility index (Phi) is 4.64. The molecule has 0 aliphatic heterocycles. The molecule has 0 amide bonds. The predicted octanol–water partition coefficient (Wildman–Crippen LogP) is 1.65. The van der Waals surface area contributed by atoms with Crippen molar-refractivity contribution in [2.75, 3.05) is 7.11 Å². The quantitative estimate of drug-likeness (QED) is 0.406. The summed E-state index contributed by atoms with van der Waals surface area (Å²) in [4.78, 5) is 1.59. The van der Waals surface area contributed by atoms with E-state index in [-0.39, 0.29) is 0 Å². The molecule has 0 aromatic heterocycles. The summed E-state index contributed by atoms with van der Waals surface area (Å²) in [5.41, 5.74) is 2.64. The van der Waals surface area contributed by atoms with Crippen molar-refractivity contribution in [3.63, 3.8) is 0 Å². The molecule has 0 saturated heterocycles. The van der Waals surface area contributed by atoms with Crippen LogP contribution in [0.5, 0.6) is 0 Å². The summed E-state index contributed by atoms with van der Waals surface area (Å²) in [6, 6.07) is 0. The van der Waals surface area contributed by atoms with Crippen LogP contribution in [0.2, 0.25) is 0 Å². The Morgan fingerprint density at radius 2 is 2.50 bits per heavy atom. The van der Waals surface area contributed by atoms with Gasteiger partial charge in [0, 0.05) is 4.99 Å². The molecule has 0 aromatic rings. The molecule has 1 nitrogen and oxygen atoms in total. The van der Waals surface area contributed by atoms with Crippen molar-refractivity contribution in [2.45, 2.75) is 0 Å². The molecule has 0 unspecified atom stereocenters. The molecular formula is C4H5BrO. The molecule has 0 atom stereocenters. The third kappa shape index (κ3) is 3.80. The SMILES string of the molecule is COC=C=CBr. The zero-order valence-corrected chi connectivity index (χ0v) is 5.03. The van der Waals surface area contributed by atoms with Gasteiger partial charge in [-0.2, -0.15) is 0 Å². The molecule has 6 heavy (non-hydrogen) atoms. The zero-order valence-electron chi connectivity index (χ0n) is 3.44. The number of ether oxygens (including phenoxy) is 1. The lowest BCUT2D eigenvalue weighted by Crippen LogP contribution is -1.56. The van der Waals surface area contributed by atoms with E-state index in [1.54, 1.807) is 12.1 Å². The third-order valence-electron chi connectivity index (χ3n) is 0.249. The lowest BCUT2D eigenvalue weighted by atomic mass is 10.9. The maximum atomic E-state index is 4.48. The highest BCUT2D eigenvalue weighted by molar-refractivity contribution is 9.11. The first kappa shape index (κ1) is 5.80. The smallest absolute Gasteiger partial charge is 0.125 e. The Balaban J connectivity index is 3.18. The minimum atomic E-state index is 1.45. The third-order valence-corrected chi connectivity index (χ3v) is 0.513. The predicted molar refractivity (Wildman–Crippen MR) is 28.6 cm³/mol. The maximum absolute atomic E-state index is 4.48. The summed E-state index contributed by atoms with van der Waals surface area (Å²) in [6.45, 7) is 0. The van der Waals surface area contributed by atoms with E-state index < -0.39 is 0 Å². The highest BCUT2D eigenvalue weighted by atomic mass is 79.9. The Bertz CT molecular complexity index is 71.6. The van der Waals surface area contributed by atoms with Crippen LogP contribution in [0.25, 0.3) is 0 Å². The first-order valence-corrected chi connectivity index (χ1v) is 2.36. The number of methoxy groups -OCH3 is 1. The lowest BCUT2D eigenvalue weighted by molar-refractivity contribution is 0.339. The van der Waals surface area contributed by atoms with Crippen LogP contribution in [0.15, 0.2) is 17.0 Å². The first-order valence-electron chi connectivity index (χ1n) is 1.44. The highest BCUT2D eigenvalue weighted by Gasteiger charge is 1.47. The molecule has 0 saturated carbocycles. The average molecular weight is 149 g/mol. The van der Waals surface area contributed by atoms with E-state index in [1.807, 2.05) is 0 Å². The standard InChI is InChI=1S/C4H5BrO/c1-6-4-2-3-5/h3-4H,1H3. The van der Waals surface area contributed by atoms with Crippen LogP contribution in [0.4, 0.5) is 0 Å². The van der Waals surface area contributed by atoms with Crippen LogP contribution in [0, 0.1) is 0 Å². The Morgan fingerprint density at radius 3 is 2.67 bits per heavy atom. The highest BCUT2D eigenvalue weighted by Crippen LogP contribution is 1.76. The van der Waals surface area contributed by atoms with Crippen molar-refractivity contribution in [1.82, 2.24) is 0 Å². The molecule has 0 aliphatic carbocycles. The first-order chi connectivity index (χ1) is 2.91. The van der Waals surface area contributed by atoms with E-state index in [1.165, 1.54) is 6.26 Å². The average Bonchev–Trinajstić information content (AvgIpc) is 1.61. The van der Waals surface area contributed by atoms with Crippen molar-refractivity contribution >= 4 is 15.9 Å². The van der Waals surface area contributed by atoms with Crippen LogP contribution < -0.4 is 0 Å². The summed E-state index contributed by atoms with van der Waals surface area (Å²) in [5, 5.41) is 0. The van der Waals surface area contributed by atoms with E-state index in [0.29, 0.717) is 0 Å². The Morgan fingerprint density at radius 1 is 1.83 bits per heavy atom. The molecule has 34 valence electrons. The van der Waals surface area contributed by atoms with Crippen molar-refractivity contribution in [3.05, 3.63) is 17.0 Å². The van der Waals surface area contributed by atoms with E-state index in [0.717, 1.165) is 0 Å². The maximum Gasteiger partial charge on any atom is 0.125 e. The van der Waals surface area contributed by atoms with Gasteiger partial charge >= 0.3 is 0 Å². The Hall–Kier alpha value is -0.200. The van der Waals surface area contributed by atoms with Crippen molar-refractivity contribution in [2.24, 2.45) is 0 Å². The van der Waals surface area contributed by atoms with Crippen molar-refractivity contribution in [1.29, 1.82) is 0 Å². The molecule has 0 N–H and O–H groups in total. The minimum absolute atomic E-state index is 1.45. The van der Waals surface area contributed by atoms with Gasteiger partial charge in [0.05, 0.1) is 7.11 Å². The summed E-state index contributed by atoms with van der Waals surface area (Å²) < 4.78 is 4.48. The number of halogens is 1. The van der Waals surface area contributed by atoms with Crippen molar-refractivity contribution in [3.8, 4) is 0 Å². The van der Waals surface area contributed by atoms with Gasteiger partial charge in [-0.15, -0.1) is 0 Å². The minimum Gasteiger partial charge on any atom is -0.496 e.